The lowest BCUT2D eigenvalue weighted by Gasteiger charge is -2.19. The quantitative estimate of drug-likeness (QED) is 0.637. The first kappa shape index (κ1) is 19.5. The Kier molecular flexibility index (Phi) is 6.03. The number of hydrogen-bond donors (Lipinski definition) is 1. The molecule has 1 aromatic heterocycles. The number of aromatic nitrogens is 3. The molecule has 0 aliphatic carbocycles. The molecule has 7 heteroatoms. The molecule has 0 fully saturated rings. The van der Waals surface area contributed by atoms with Gasteiger partial charge in [0.05, 0.1) is 24.1 Å². The number of carbonyl (C=O) groups excluding carboxylic acids is 2. The molecular weight excluding hydrogens is 356 g/mol. The summed E-state index contributed by atoms with van der Waals surface area (Å²) in [5, 5.41) is 11.0. The van der Waals surface area contributed by atoms with Crippen LogP contribution in [0.2, 0.25) is 0 Å². The van der Waals surface area contributed by atoms with Crippen LogP contribution < -0.4 is 5.32 Å². The van der Waals surface area contributed by atoms with Gasteiger partial charge < -0.3 is 10.1 Å². The van der Waals surface area contributed by atoms with Crippen molar-refractivity contribution in [2.75, 3.05) is 0 Å². The summed E-state index contributed by atoms with van der Waals surface area (Å²) in [6.45, 7) is 5.60. The first-order chi connectivity index (χ1) is 13.4. The first-order valence-corrected chi connectivity index (χ1v) is 9.26. The number of nitrogens with zero attached hydrogens (tertiary/aromatic N) is 3. The fraction of sp³-hybridized carbons (Fsp3) is 0.333. The number of aryl methyl sites for hydroxylation is 1. The summed E-state index contributed by atoms with van der Waals surface area (Å²) in [5.74, 6) is -0.606. The molecule has 1 heterocycles. The molecule has 0 saturated carbocycles. The van der Waals surface area contributed by atoms with E-state index in [4.69, 9.17) is 4.74 Å². The second-order valence-electron chi connectivity index (χ2n) is 7.01. The first-order valence-electron chi connectivity index (χ1n) is 9.26. The van der Waals surface area contributed by atoms with Crippen molar-refractivity contribution >= 4 is 22.9 Å². The predicted molar refractivity (Wildman–Crippen MR) is 105 cm³/mol. The van der Waals surface area contributed by atoms with E-state index in [1.165, 1.54) is 0 Å². The zero-order chi connectivity index (χ0) is 20.1. The lowest BCUT2D eigenvalue weighted by Crippen LogP contribution is -2.33. The molecule has 28 heavy (non-hydrogen) atoms. The van der Waals surface area contributed by atoms with E-state index in [1.807, 2.05) is 55.5 Å². The minimum atomic E-state index is -0.478. The molecule has 146 valence electrons. The number of benzene rings is 2. The molecule has 7 nitrogen and oxygen atoms in total. The standard InChI is InChI=1S/C21H24N4O3/c1-14(2)28-21(27)12-18(16-10-8-15(3)9-11-16)22-20(26)13-25-19-7-5-4-6-17(19)23-24-25/h4-11,14,18H,12-13H2,1-3H3,(H,22,26). The molecule has 0 spiro atoms. The molecule has 0 radical (unpaired) electrons. The van der Waals surface area contributed by atoms with Crippen LogP contribution >= 0.6 is 0 Å². The fourth-order valence-corrected chi connectivity index (χ4v) is 2.94. The van der Waals surface area contributed by atoms with Crippen LogP contribution in [-0.4, -0.2) is 33.0 Å². The van der Waals surface area contributed by atoms with Gasteiger partial charge in [-0.1, -0.05) is 47.2 Å². The minimum Gasteiger partial charge on any atom is -0.463 e. The van der Waals surface area contributed by atoms with E-state index in [1.54, 1.807) is 18.5 Å². The van der Waals surface area contributed by atoms with Crippen LogP contribution in [0.5, 0.6) is 0 Å². The van der Waals surface area contributed by atoms with Crippen molar-refractivity contribution in [2.45, 2.75) is 45.9 Å². The van der Waals surface area contributed by atoms with Crippen molar-refractivity contribution in [3.63, 3.8) is 0 Å². The van der Waals surface area contributed by atoms with Gasteiger partial charge in [-0.3, -0.25) is 9.59 Å². The molecule has 3 aromatic rings. The summed E-state index contributed by atoms with van der Waals surface area (Å²) in [6, 6.07) is 14.7. The van der Waals surface area contributed by atoms with Crippen LogP contribution in [-0.2, 0) is 20.9 Å². The van der Waals surface area contributed by atoms with Crippen LogP contribution in [0.1, 0.15) is 37.4 Å². The van der Waals surface area contributed by atoms with Crippen molar-refractivity contribution in [1.29, 1.82) is 0 Å². The second kappa shape index (κ2) is 8.65. The van der Waals surface area contributed by atoms with Gasteiger partial charge in [-0.15, -0.1) is 5.10 Å². The third-order valence-electron chi connectivity index (χ3n) is 4.27. The highest BCUT2D eigenvalue weighted by Gasteiger charge is 2.21. The van der Waals surface area contributed by atoms with E-state index in [2.05, 4.69) is 15.6 Å². The van der Waals surface area contributed by atoms with Crippen LogP contribution in [0, 0.1) is 6.92 Å². The SMILES string of the molecule is Cc1ccc(C(CC(=O)OC(C)C)NC(=O)Cn2nnc3ccccc32)cc1. The number of nitrogens with one attached hydrogen (secondary N) is 1. The average molecular weight is 380 g/mol. The van der Waals surface area contributed by atoms with Gasteiger partial charge in [0.1, 0.15) is 12.1 Å². The van der Waals surface area contributed by atoms with E-state index >= 15 is 0 Å². The molecular formula is C21H24N4O3. The van der Waals surface area contributed by atoms with Gasteiger partial charge in [0, 0.05) is 0 Å². The highest BCUT2D eigenvalue weighted by molar-refractivity contribution is 5.80. The molecule has 0 aliphatic heterocycles. The van der Waals surface area contributed by atoms with Crippen molar-refractivity contribution < 1.29 is 14.3 Å². The summed E-state index contributed by atoms with van der Waals surface area (Å²) >= 11 is 0. The Morgan fingerprint density at radius 1 is 1.11 bits per heavy atom. The van der Waals surface area contributed by atoms with Gasteiger partial charge in [0.15, 0.2) is 0 Å². The number of para-hydroxylation sites is 1. The molecule has 0 saturated heterocycles. The predicted octanol–water partition coefficient (Wildman–Crippen LogP) is 2.94. The van der Waals surface area contributed by atoms with Crippen LogP contribution in [0.4, 0.5) is 0 Å². The number of esters is 1. The summed E-state index contributed by atoms with van der Waals surface area (Å²) in [6.07, 6.45) is -0.145. The zero-order valence-corrected chi connectivity index (χ0v) is 16.3. The molecule has 2 aromatic carbocycles. The van der Waals surface area contributed by atoms with Gasteiger partial charge in [0.25, 0.3) is 0 Å². The average Bonchev–Trinajstić information content (AvgIpc) is 3.04. The molecule has 0 bridgehead atoms. The van der Waals surface area contributed by atoms with Crippen molar-refractivity contribution in [1.82, 2.24) is 20.3 Å². The number of ether oxygens (including phenoxy) is 1. The number of hydrogen-bond acceptors (Lipinski definition) is 5. The molecule has 3 rings (SSSR count). The van der Waals surface area contributed by atoms with Gasteiger partial charge in [-0.2, -0.15) is 0 Å². The van der Waals surface area contributed by atoms with Crippen LogP contribution in [0.15, 0.2) is 48.5 Å². The maximum atomic E-state index is 12.7. The summed E-state index contributed by atoms with van der Waals surface area (Å²) in [4.78, 5) is 24.8. The van der Waals surface area contributed by atoms with E-state index < -0.39 is 6.04 Å². The Balaban J connectivity index is 1.74. The largest absolute Gasteiger partial charge is 0.463 e. The molecule has 0 aliphatic rings. The lowest BCUT2D eigenvalue weighted by molar-refractivity contribution is -0.148. The number of carbonyl (C=O) groups is 2. The molecule has 1 unspecified atom stereocenters. The third kappa shape index (κ3) is 4.94. The zero-order valence-electron chi connectivity index (χ0n) is 16.3. The van der Waals surface area contributed by atoms with E-state index in [0.29, 0.717) is 0 Å². The van der Waals surface area contributed by atoms with Crippen molar-refractivity contribution in [3.05, 3.63) is 59.7 Å². The lowest BCUT2D eigenvalue weighted by atomic mass is 10.0. The Labute approximate surface area is 163 Å². The number of amides is 1. The maximum absolute atomic E-state index is 12.7. The fourth-order valence-electron chi connectivity index (χ4n) is 2.94. The van der Waals surface area contributed by atoms with Crippen LogP contribution in [0.3, 0.4) is 0 Å². The van der Waals surface area contributed by atoms with Gasteiger partial charge in [-0.25, -0.2) is 4.68 Å². The third-order valence-corrected chi connectivity index (χ3v) is 4.27. The normalized spacial score (nSPS) is 12.1. The summed E-state index contributed by atoms with van der Waals surface area (Å²) in [5.41, 5.74) is 3.46. The van der Waals surface area contributed by atoms with Crippen LogP contribution in [0.25, 0.3) is 11.0 Å². The highest BCUT2D eigenvalue weighted by atomic mass is 16.5. The Bertz CT molecular complexity index is 963. The molecule has 1 atom stereocenters. The number of fused-ring (bicyclic) bond motifs is 1. The Hall–Kier alpha value is -3.22. The van der Waals surface area contributed by atoms with Crippen molar-refractivity contribution in [2.24, 2.45) is 0 Å². The Morgan fingerprint density at radius 2 is 1.82 bits per heavy atom. The maximum Gasteiger partial charge on any atom is 0.308 e. The van der Waals surface area contributed by atoms with Gasteiger partial charge in [0.2, 0.25) is 5.91 Å². The Morgan fingerprint density at radius 3 is 2.54 bits per heavy atom. The minimum absolute atomic E-state index is 0.0160. The summed E-state index contributed by atoms with van der Waals surface area (Å²) < 4.78 is 6.80. The van der Waals surface area contributed by atoms with E-state index in [0.717, 1.165) is 22.2 Å². The second-order valence-corrected chi connectivity index (χ2v) is 7.01. The number of rotatable bonds is 7. The molecule has 1 amide bonds. The highest BCUT2D eigenvalue weighted by Crippen LogP contribution is 2.19. The monoisotopic (exact) mass is 380 g/mol. The topological polar surface area (TPSA) is 86.1 Å². The smallest absolute Gasteiger partial charge is 0.308 e. The summed E-state index contributed by atoms with van der Waals surface area (Å²) in [7, 11) is 0. The molecule has 1 N–H and O–H groups in total. The van der Waals surface area contributed by atoms with Gasteiger partial charge in [-0.05, 0) is 38.5 Å². The van der Waals surface area contributed by atoms with Crippen molar-refractivity contribution in [3.8, 4) is 0 Å². The van der Waals surface area contributed by atoms with E-state index in [-0.39, 0.29) is 30.9 Å². The van der Waals surface area contributed by atoms with Gasteiger partial charge >= 0.3 is 5.97 Å². The van der Waals surface area contributed by atoms with E-state index in [9.17, 15) is 9.59 Å².